The lowest BCUT2D eigenvalue weighted by Gasteiger charge is -2.27. The zero-order valence-corrected chi connectivity index (χ0v) is 8.93. The number of carbonyl (C=O) groups is 1. The third-order valence-corrected chi connectivity index (χ3v) is 2.84. The molecule has 2 rings (SSSR count). The molecule has 0 aromatic heterocycles. The van der Waals surface area contributed by atoms with Crippen LogP contribution in [0, 0.1) is 0 Å². The van der Waals surface area contributed by atoms with Crippen molar-refractivity contribution < 1.29 is 14.6 Å². The Morgan fingerprint density at radius 2 is 2.31 bits per heavy atom. The molecule has 1 aromatic rings. The summed E-state index contributed by atoms with van der Waals surface area (Å²) in [6, 6.07) is 7.38. The lowest BCUT2D eigenvalue weighted by molar-refractivity contribution is -0.137. The molecule has 4 heteroatoms. The fourth-order valence-electron chi connectivity index (χ4n) is 1.78. The summed E-state index contributed by atoms with van der Waals surface area (Å²) in [6.07, 6.45) is -0.0371. The minimum Gasteiger partial charge on any atom is -0.481 e. The highest BCUT2D eigenvalue weighted by molar-refractivity contribution is 5.67. The van der Waals surface area contributed by atoms with Crippen LogP contribution in [0.2, 0.25) is 0 Å². The van der Waals surface area contributed by atoms with E-state index in [-0.39, 0.29) is 6.42 Å². The van der Waals surface area contributed by atoms with Gasteiger partial charge in [0.05, 0.1) is 19.6 Å². The molecular weight excluding hydrogens is 206 g/mol. The topological polar surface area (TPSA) is 72.6 Å². The van der Waals surface area contributed by atoms with E-state index >= 15 is 0 Å². The molecule has 1 aromatic carbocycles. The van der Waals surface area contributed by atoms with Crippen LogP contribution in [-0.2, 0) is 9.53 Å². The lowest BCUT2D eigenvalue weighted by Crippen LogP contribution is -2.25. The minimum absolute atomic E-state index is 0.0371. The van der Waals surface area contributed by atoms with Gasteiger partial charge in [-0.05, 0) is 11.1 Å². The van der Waals surface area contributed by atoms with E-state index in [2.05, 4.69) is 0 Å². The highest BCUT2D eigenvalue weighted by Crippen LogP contribution is 2.26. The van der Waals surface area contributed by atoms with Gasteiger partial charge in [-0.25, -0.2) is 0 Å². The Labute approximate surface area is 94.0 Å². The molecule has 0 spiro atoms. The van der Waals surface area contributed by atoms with Crippen molar-refractivity contribution in [1.29, 1.82) is 0 Å². The first kappa shape index (κ1) is 11.1. The Bertz CT molecular complexity index is 388. The van der Waals surface area contributed by atoms with E-state index in [9.17, 15) is 4.79 Å². The van der Waals surface area contributed by atoms with Crippen LogP contribution in [0.15, 0.2) is 24.3 Å². The maximum Gasteiger partial charge on any atom is 0.305 e. The van der Waals surface area contributed by atoms with E-state index in [0.29, 0.717) is 5.92 Å². The molecule has 4 nitrogen and oxygen atoms in total. The SMILES string of the molecule is NC(CC(=O)O)c1cccc(C2COC2)c1. The number of rotatable bonds is 4. The normalized spacial score (nSPS) is 17.8. The summed E-state index contributed by atoms with van der Waals surface area (Å²) in [7, 11) is 0. The largest absolute Gasteiger partial charge is 0.481 e. The average molecular weight is 221 g/mol. The van der Waals surface area contributed by atoms with E-state index < -0.39 is 12.0 Å². The van der Waals surface area contributed by atoms with E-state index in [1.807, 2.05) is 24.3 Å². The van der Waals surface area contributed by atoms with Crippen molar-refractivity contribution in [2.75, 3.05) is 13.2 Å². The van der Waals surface area contributed by atoms with Gasteiger partial charge in [-0.15, -0.1) is 0 Å². The number of carboxylic acids is 1. The highest BCUT2D eigenvalue weighted by Gasteiger charge is 2.21. The van der Waals surface area contributed by atoms with Gasteiger partial charge in [-0.3, -0.25) is 4.79 Å². The van der Waals surface area contributed by atoms with Crippen molar-refractivity contribution >= 4 is 5.97 Å². The van der Waals surface area contributed by atoms with E-state index in [1.54, 1.807) is 0 Å². The average Bonchev–Trinajstić information content (AvgIpc) is 2.14. The van der Waals surface area contributed by atoms with Crippen LogP contribution in [0.25, 0.3) is 0 Å². The van der Waals surface area contributed by atoms with Gasteiger partial charge < -0.3 is 15.6 Å². The Morgan fingerprint density at radius 3 is 2.88 bits per heavy atom. The molecule has 0 bridgehead atoms. The van der Waals surface area contributed by atoms with Crippen LogP contribution in [0.3, 0.4) is 0 Å². The summed E-state index contributed by atoms with van der Waals surface area (Å²) in [5.41, 5.74) is 7.88. The first-order chi connectivity index (χ1) is 7.66. The standard InChI is InChI=1S/C12H15NO3/c13-11(5-12(14)15)9-3-1-2-8(4-9)10-6-16-7-10/h1-4,10-11H,5-7,13H2,(H,14,15). The number of hydrogen-bond acceptors (Lipinski definition) is 3. The van der Waals surface area contributed by atoms with Crippen LogP contribution < -0.4 is 5.73 Å². The molecule has 3 N–H and O–H groups in total. The van der Waals surface area contributed by atoms with Gasteiger partial charge in [0.1, 0.15) is 0 Å². The van der Waals surface area contributed by atoms with Crippen molar-refractivity contribution in [3.8, 4) is 0 Å². The Balaban J connectivity index is 2.11. The van der Waals surface area contributed by atoms with Crippen LogP contribution in [0.5, 0.6) is 0 Å². The van der Waals surface area contributed by atoms with Gasteiger partial charge >= 0.3 is 5.97 Å². The fourth-order valence-corrected chi connectivity index (χ4v) is 1.78. The highest BCUT2D eigenvalue weighted by atomic mass is 16.5. The van der Waals surface area contributed by atoms with Gasteiger partial charge in [0, 0.05) is 12.0 Å². The third kappa shape index (κ3) is 2.40. The Morgan fingerprint density at radius 1 is 1.56 bits per heavy atom. The van der Waals surface area contributed by atoms with Gasteiger partial charge in [-0.1, -0.05) is 24.3 Å². The summed E-state index contributed by atoms with van der Waals surface area (Å²) < 4.78 is 5.13. The van der Waals surface area contributed by atoms with Crippen molar-refractivity contribution in [1.82, 2.24) is 0 Å². The van der Waals surface area contributed by atoms with Crippen LogP contribution in [0.1, 0.15) is 29.5 Å². The zero-order chi connectivity index (χ0) is 11.5. The van der Waals surface area contributed by atoms with Crippen molar-refractivity contribution in [3.05, 3.63) is 35.4 Å². The smallest absolute Gasteiger partial charge is 0.305 e. The molecule has 16 heavy (non-hydrogen) atoms. The second-order valence-corrected chi connectivity index (χ2v) is 4.11. The molecule has 0 radical (unpaired) electrons. The monoisotopic (exact) mass is 221 g/mol. The first-order valence-electron chi connectivity index (χ1n) is 5.32. The second-order valence-electron chi connectivity index (χ2n) is 4.11. The maximum atomic E-state index is 10.6. The number of aliphatic carboxylic acids is 1. The zero-order valence-electron chi connectivity index (χ0n) is 8.93. The molecule has 1 aliphatic heterocycles. The predicted octanol–water partition coefficient (Wildman–Crippen LogP) is 1.27. The summed E-state index contributed by atoms with van der Waals surface area (Å²) in [5.74, 6) is -0.429. The predicted molar refractivity (Wildman–Crippen MR) is 59.2 cm³/mol. The quantitative estimate of drug-likeness (QED) is 0.803. The van der Waals surface area contributed by atoms with Crippen molar-refractivity contribution in [3.63, 3.8) is 0 Å². The second kappa shape index (κ2) is 4.63. The minimum atomic E-state index is -0.870. The Kier molecular flexibility index (Phi) is 3.22. The van der Waals surface area contributed by atoms with E-state index in [4.69, 9.17) is 15.6 Å². The molecule has 1 heterocycles. The lowest BCUT2D eigenvalue weighted by atomic mass is 9.93. The van der Waals surface area contributed by atoms with Gasteiger partial charge in [0.15, 0.2) is 0 Å². The molecule has 1 unspecified atom stereocenters. The van der Waals surface area contributed by atoms with Crippen LogP contribution in [0.4, 0.5) is 0 Å². The van der Waals surface area contributed by atoms with Gasteiger partial charge in [0.25, 0.3) is 0 Å². The molecule has 1 aliphatic rings. The molecule has 1 fully saturated rings. The maximum absolute atomic E-state index is 10.6. The molecule has 0 amide bonds. The summed E-state index contributed by atoms with van der Waals surface area (Å²) >= 11 is 0. The molecule has 86 valence electrons. The van der Waals surface area contributed by atoms with Crippen LogP contribution >= 0.6 is 0 Å². The molecule has 1 saturated heterocycles. The first-order valence-corrected chi connectivity index (χ1v) is 5.32. The number of benzene rings is 1. The van der Waals surface area contributed by atoms with E-state index in [0.717, 1.165) is 18.8 Å². The van der Waals surface area contributed by atoms with Crippen LogP contribution in [-0.4, -0.2) is 24.3 Å². The summed E-state index contributed by atoms with van der Waals surface area (Å²) in [4.78, 5) is 10.6. The third-order valence-electron chi connectivity index (χ3n) is 2.84. The van der Waals surface area contributed by atoms with Crippen molar-refractivity contribution in [2.45, 2.75) is 18.4 Å². The number of carboxylic acid groups (broad SMARTS) is 1. The van der Waals surface area contributed by atoms with Gasteiger partial charge in [-0.2, -0.15) is 0 Å². The van der Waals surface area contributed by atoms with E-state index in [1.165, 1.54) is 5.56 Å². The fraction of sp³-hybridized carbons (Fsp3) is 0.417. The molecule has 0 aliphatic carbocycles. The molecule has 0 saturated carbocycles. The van der Waals surface area contributed by atoms with Crippen molar-refractivity contribution in [2.24, 2.45) is 5.73 Å². The Hall–Kier alpha value is -1.39. The summed E-state index contributed by atoms with van der Waals surface area (Å²) in [5, 5.41) is 8.68. The molecule has 1 atom stereocenters. The van der Waals surface area contributed by atoms with Gasteiger partial charge in [0.2, 0.25) is 0 Å². The number of hydrogen-bond donors (Lipinski definition) is 2. The molecular formula is C12H15NO3. The summed E-state index contributed by atoms with van der Waals surface area (Å²) in [6.45, 7) is 1.50. The number of nitrogens with two attached hydrogens (primary N) is 1. The number of ether oxygens (including phenoxy) is 1.